The van der Waals surface area contributed by atoms with E-state index < -0.39 is 23.6 Å². The second-order valence-electron chi connectivity index (χ2n) is 23.3. The summed E-state index contributed by atoms with van der Waals surface area (Å²) in [5, 5.41) is 23.2. The number of aryl methyl sites for hydroxylation is 1. The number of ether oxygens (including phenoxy) is 1. The first-order chi connectivity index (χ1) is 39.3. The van der Waals surface area contributed by atoms with Gasteiger partial charge in [-0.05, 0) is 131 Å². The first-order valence-electron chi connectivity index (χ1n) is 28.7. The van der Waals surface area contributed by atoms with Crippen LogP contribution in [0, 0.1) is 48.7 Å². The van der Waals surface area contributed by atoms with Gasteiger partial charge < -0.3 is 39.7 Å². The van der Waals surface area contributed by atoms with Crippen LogP contribution in [0.25, 0.3) is 43.4 Å². The zero-order valence-corrected chi connectivity index (χ0v) is 47.2. The molecule has 5 atom stereocenters. The average Bonchev–Trinajstić information content (AvgIpc) is 4.32. The van der Waals surface area contributed by atoms with Crippen LogP contribution in [0.4, 0.5) is 20.4 Å². The number of hydrogen-bond donors (Lipinski definition) is 3. The summed E-state index contributed by atoms with van der Waals surface area (Å²) in [7, 11) is 0. The Morgan fingerprint density at radius 1 is 0.926 bits per heavy atom. The number of phenolic OH excluding ortho intramolecular Hbond substituents is 1. The Labute approximate surface area is 474 Å². The van der Waals surface area contributed by atoms with Gasteiger partial charge in [-0.15, -0.1) is 17.8 Å². The maximum absolute atomic E-state index is 17.1. The van der Waals surface area contributed by atoms with Crippen molar-refractivity contribution in [3.63, 3.8) is 0 Å². The number of nitrogens with zero attached hydrogens (tertiary/aromatic N) is 9. The summed E-state index contributed by atoms with van der Waals surface area (Å²) in [6.45, 7) is 14.6. The number of carbonyl (C=O) groups excluding carboxylic acids is 2. The van der Waals surface area contributed by atoms with Crippen LogP contribution < -0.4 is 25.2 Å². The number of hydrogen-bond acceptors (Lipinski definition) is 15. The monoisotopic (exact) mass is 1120 g/mol. The Kier molecular flexibility index (Phi) is 15.4. The minimum Gasteiger partial charge on any atom is -0.508 e. The second kappa shape index (κ2) is 22.9. The smallest absolute Gasteiger partial charge is 0.319 e. The number of thiazole rings is 1. The summed E-state index contributed by atoms with van der Waals surface area (Å²) in [6.07, 6.45) is 15.2. The predicted molar refractivity (Wildman–Crippen MR) is 309 cm³/mol. The molecule has 16 nitrogen and oxygen atoms in total. The molecule has 5 aliphatic rings. The highest BCUT2D eigenvalue weighted by Crippen LogP contribution is 2.41. The molecular weight excluding hydrogens is 1050 g/mol. The van der Waals surface area contributed by atoms with Crippen molar-refractivity contribution < 1.29 is 32.7 Å². The number of phenols is 1. The molecule has 5 fully saturated rings. The summed E-state index contributed by atoms with van der Waals surface area (Å²) in [4.78, 5) is 56.3. The number of carbonyl (C=O) groups is 2. The van der Waals surface area contributed by atoms with Crippen molar-refractivity contribution in [1.82, 2.24) is 45.5 Å². The SMILES string of the molecule is C#Cc1c(F)ccc2cc(O)cc(-c3ncc4c(N5CC6CCC(C5)N6)nc(OCCN5CCC(CCC6CN(c7cc(C(C(=O)N8CCC[C@H]8C(=O)N[C@@H](C)c8ccc(-c9scnc9C)cc8)C(C)C)on7)C6)CC5)nc4c3F)c12. The molecular formula is C62H69F2N11O5S. The van der Waals surface area contributed by atoms with Crippen molar-refractivity contribution in [2.24, 2.45) is 17.8 Å². The first kappa shape index (κ1) is 54.3. The Bertz CT molecular complexity index is 3500. The van der Waals surface area contributed by atoms with E-state index in [-0.39, 0.29) is 75.3 Å². The zero-order chi connectivity index (χ0) is 56.1. The molecule has 0 spiro atoms. The van der Waals surface area contributed by atoms with Gasteiger partial charge in [-0.1, -0.05) is 55.3 Å². The summed E-state index contributed by atoms with van der Waals surface area (Å²) in [5.74, 6) is 3.06. The minimum absolute atomic E-state index is 0.0241. The molecule has 422 valence electrons. The van der Waals surface area contributed by atoms with Crippen molar-refractivity contribution in [2.45, 2.75) is 109 Å². The molecule has 0 aliphatic carbocycles. The molecule has 12 rings (SSSR count). The topological polar surface area (TPSA) is 178 Å². The van der Waals surface area contributed by atoms with Crippen LogP contribution in [0.15, 0.2) is 70.8 Å². The molecule has 0 saturated carbocycles. The Morgan fingerprint density at radius 3 is 2.42 bits per heavy atom. The summed E-state index contributed by atoms with van der Waals surface area (Å²) >= 11 is 1.61. The standard InChI is InChI=1S/C62H69F2N11O5S/c1-6-46-49(63)18-15-42-26-45(76)27-47(54(42)46)56-55(64)57-48(29-65-56)59(74-32-43-16-17-44(33-74)68-43)70-62(69-57)79-25-24-72-22-19-38(20-23-72)9-10-39-30-73(31-39)52-28-51(80-71-52)53(35(2)3)61(78)75-21-7-8-50(75)60(77)67-36(4)40-11-13-41(14-12-40)58-37(5)66-34-81-58/h1,11-15,18,26-29,34-36,38-39,43-44,50,53,68,76H,7-10,16-17,19-25,30-33H2,2-5H3,(H,67,77)/t36-,43?,44?,50-,53?/m0/s1. The molecule has 4 aromatic heterocycles. The van der Waals surface area contributed by atoms with Crippen molar-refractivity contribution in [1.29, 1.82) is 0 Å². The normalized spacial score (nSPS) is 20.5. The third-order valence-electron chi connectivity index (χ3n) is 17.6. The lowest BCUT2D eigenvalue weighted by Crippen LogP contribution is -2.51. The number of rotatable bonds is 17. The number of piperazine rings is 1. The van der Waals surface area contributed by atoms with Crippen LogP contribution >= 0.6 is 11.3 Å². The number of amides is 2. The van der Waals surface area contributed by atoms with Crippen molar-refractivity contribution in [2.75, 3.05) is 68.8 Å². The molecule has 81 heavy (non-hydrogen) atoms. The number of terminal acetylenes is 1. The van der Waals surface area contributed by atoms with Gasteiger partial charge in [0.2, 0.25) is 11.8 Å². The van der Waals surface area contributed by atoms with E-state index in [4.69, 9.17) is 20.7 Å². The van der Waals surface area contributed by atoms with Crippen LogP contribution in [0.2, 0.25) is 0 Å². The van der Waals surface area contributed by atoms with Crippen LogP contribution in [0.1, 0.15) is 107 Å². The van der Waals surface area contributed by atoms with Crippen LogP contribution in [-0.2, 0) is 9.59 Å². The van der Waals surface area contributed by atoms with Gasteiger partial charge in [0, 0.05) is 74.6 Å². The van der Waals surface area contributed by atoms with Gasteiger partial charge in [-0.2, -0.15) is 9.97 Å². The van der Waals surface area contributed by atoms with Crippen LogP contribution in [-0.4, -0.2) is 129 Å². The number of aromatic nitrogens is 5. The van der Waals surface area contributed by atoms with Crippen molar-refractivity contribution >= 4 is 56.5 Å². The number of halogens is 2. The first-order valence-corrected chi connectivity index (χ1v) is 29.6. The molecule has 3 unspecified atom stereocenters. The number of piperidine rings is 1. The number of likely N-dealkylation sites (tertiary alicyclic amines) is 2. The molecule has 3 aromatic carbocycles. The average molecular weight is 1120 g/mol. The fraction of sp³-hybridized carbons (Fsp3) is 0.468. The molecule has 5 saturated heterocycles. The van der Waals surface area contributed by atoms with E-state index in [1.807, 2.05) is 51.4 Å². The van der Waals surface area contributed by atoms with Gasteiger partial charge in [0.25, 0.3) is 0 Å². The lowest BCUT2D eigenvalue weighted by Gasteiger charge is -2.40. The van der Waals surface area contributed by atoms with E-state index in [2.05, 4.69) is 63.5 Å². The second-order valence-corrected chi connectivity index (χ2v) is 24.2. The molecule has 0 radical (unpaired) electrons. The maximum atomic E-state index is 17.1. The maximum Gasteiger partial charge on any atom is 0.319 e. The van der Waals surface area contributed by atoms with E-state index in [9.17, 15) is 14.7 Å². The lowest BCUT2D eigenvalue weighted by atomic mass is 9.86. The van der Waals surface area contributed by atoms with E-state index in [0.717, 1.165) is 98.6 Å². The fourth-order valence-electron chi connectivity index (χ4n) is 13.1. The minimum atomic E-state index is -0.742. The number of anilines is 2. The van der Waals surface area contributed by atoms with E-state index in [0.29, 0.717) is 73.4 Å². The Morgan fingerprint density at radius 2 is 1.69 bits per heavy atom. The molecule has 5 aliphatic heterocycles. The molecule has 7 aromatic rings. The molecule has 9 heterocycles. The number of pyridine rings is 1. The summed E-state index contributed by atoms with van der Waals surface area (Å²) < 4.78 is 44.3. The number of nitrogens with one attached hydrogen (secondary N) is 2. The molecule has 2 amide bonds. The van der Waals surface area contributed by atoms with E-state index in [1.54, 1.807) is 22.4 Å². The zero-order valence-electron chi connectivity index (χ0n) is 46.3. The van der Waals surface area contributed by atoms with Crippen LogP contribution in [0.3, 0.4) is 0 Å². The van der Waals surface area contributed by atoms with Crippen molar-refractivity contribution in [3.8, 4) is 45.8 Å². The highest BCUT2D eigenvalue weighted by molar-refractivity contribution is 7.13. The highest BCUT2D eigenvalue weighted by Gasteiger charge is 2.42. The number of fused-ring (bicyclic) bond motifs is 4. The number of aromatic hydroxyl groups is 1. The van der Waals surface area contributed by atoms with E-state index >= 15 is 8.78 Å². The van der Waals surface area contributed by atoms with Crippen molar-refractivity contribution in [3.05, 3.63) is 101 Å². The van der Waals surface area contributed by atoms with Gasteiger partial charge in [-0.3, -0.25) is 19.5 Å². The van der Waals surface area contributed by atoms with Gasteiger partial charge in [0.05, 0.1) is 33.1 Å². The lowest BCUT2D eigenvalue weighted by molar-refractivity contribution is -0.141. The quantitative estimate of drug-likeness (QED) is 0.0734. The molecule has 3 N–H and O–H groups in total. The fourth-order valence-corrected chi connectivity index (χ4v) is 13.9. The van der Waals surface area contributed by atoms with E-state index in [1.165, 1.54) is 24.3 Å². The summed E-state index contributed by atoms with van der Waals surface area (Å²) in [6, 6.07) is 15.6. The largest absolute Gasteiger partial charge is 0.508 e. The summed E-state index contributed by atoms with van der Waals surface area (Å²) in [5.41, 5.74) is 4.98. The van der Waals surface area contributed by atoms with Gasteiger partial charge in [0.15, 0.2) is 17.4 Å². The molecule has 19 heteroatoms. The number of benzene rings is 3. The van der Waals surface area contributed by atoms with Gasteiger partial charge in [-0.25, -0.2) is 13.8 Å². The Balaban J connectivity index is 0.625. The van der Waals surface area contributed by atoms with Gasteiger partial charge >= 0.3 is 6.01 Å². The molecule has 2 bridgehead atoms. The highest BCUT2D eigenvalue weighted by atomic mass is 32.1. The third-order valence-corrected chi connectivity index (χ3v) is 18.6. The Hall–Kier alpha value is -7.27. The van der Waals surface area contributed by atoms with Crippen LogP contribution in [0.5, 0.6) is 11.8 Å². The third kappa shape index (κ3) is 11.0. The van der Waals surface area contributed by atoms with Gasteiger partial charge in [0.1, 0.15) is 47.2 Å². The predicted octanol–water partition coefficient (Wildman–Crippen LogP) is 9.79.